The molecule has 0 aliphatic carbocycles. The van der Waals surface area contributed by atoms with E-state index in [0.29, 0.717) is 27.5 Å². The molecule has 2 aromatic carbocycles. The highest BCUT2D eigenvalue weighted by atomic mass is 35.5. The third-order valence-corrected chi connectivity index (χ3v) is 6.05. The van der Waals surface area contributed by atoms with Gasteiger partial charge in [0.25, 0.3) is 0 Å². The number of nitrogens with zero attached hydrogens (tertiary/aromatic N) is 4. The molecule has 33 heavy (non-hydrogen) atoms. The second kappa shape index (κ2) is 9.40. The van der Waals surface area contributed by atoms with Crippen molar-refractivity contribution in [1.29, 1.82) is 0 Å². The molecule has 3 aromatic heterocycles. The van der Waals surface area contributed by atoms with Gasteiger partial charge in [-0.2, -0.15) is 0 Å². The van der Waals surface area contributed by atoms with Crippen LogP contribution in [-0.4, -0.2) is 19.5 Å². The van der Waals surface area contributed by atoms with Crippen LogP contribution in [0.15, 0.2) is 79.3 Å². The van der Waals surface area contributed by atoms with Crippen molar-refractivity contribution in [3.05, 3.63) is 106 Å². The van der Waals surface area contributed by atoms with E-state index >= 15 is 0 Å². The number of hydrogen-bond acceptors (Lipinski definition) is 4. The first-order valence-electron chi connectivity index (χ1n) is 10.1. The normalized spacial score (nSPS) is 11.1. The minimum absolute atomic E-state index is 0.228. The Labute approximate surface area is 205 Å². The summed E-state index contributed by atoms with van der Waals surface area (Å²) in [6.07, 6.45) is 5.11. The summed E-state index contributed by atoms with van der Waals surface area (Å²) in [4.78, 5) is 13.1. The molecule has 8 heteroatoms. The maximum absolute atomic E-state index is 6.48. The molecule has 0 saturated heterocycles. The number of fused-ring (bicyclic) bond motifs is 1. The highest BCUT2D eigenvalue weighted by Gasteiger charge is 2.15. The van der Waals surface area contributed by atoms with Gasteiger partial charge in [-0.25, -0.2) is 9.97 Å². The first-order valence-corrected chi connectivity index (χ1v) is 11.3. The number of halogens is 3. The molecule has 5 nitrogen and oxygen atoms in total. The molecule has 0 aliphatic rings. The van der Waals surface area contributed by atoms with E-state index in [2.05, 4.69) is 20.6 Å². The zero-order chi connectivity index (χ0) is 22.8. The summed E-state index contributed by atoms with van der Waals surface area (Å²) in [5, 5.41) is 1.81. The van der Waals surface area contributed by atoms with Crippen molar-refractivity contribution in [3.8, 4) is 17.0 Å². The summed E-state index contributed by atoms with van der Waals surface area (Å²) in [7, 11) is 0. The molecule has 0 aliphatic heterocycles. The van der Waals surface area contributed by atoms with Crippen LogP contribution >= 0.6 is 34.8 Å². The summed E-state index contributed by atoms with van der Waals surface area (Å²) in [5.74, 6) is 1.21. The van der Waals surface area contributed by atoms with Crippen LogP contribution in [0, 0.1) is 0 Å². The van der Waals surface area contributed by atoms with Gasteiger partial charge in [0, 0.05) is 34.7 Å². The van der Waals surface area contributed by atoms with E-state index in [1.165, 1.54) is 0 Å². The number of pyridine rings is 2. The highest BCUT2D eigenvalue weighted by Crippen LogP contribution is 2.28. The number of hydrogen-bond donors (Lipinski definition) is 0. The Morgan fingerprint density at radius 3 is 2.42 bits per heavy atom. The fraction of sp³-hybridized carbons (Fsp3) is 0.0800. The van der Waals surface area contributed by atoms with E-state index in [0.717, 1.165) is 33.5 Å². The minimum Gasteiger partial charge on any atom is -0.469 e. The van der Waals surface area contributed by atoms with Crippen molar-refractivity contribution in [2.45, 2.75) is 13.2 Å². The molecular weight excluding hydrogens is 479 g/mol. The second-order valence-corrected chi connectivity index (χ2v) is 8.67. The summed E-state index contributed by atoms with van der Waals surface area (Å²) >= 11 is 18.6. The van der Waals surface area contributed by atoms with Crippen molar-refractivity contribution in [3.63, 3.8) is 0 Å². The third kappa shape index (κ3) is 4.81. The Kier molecular flexibility index (Phi) is 6.18. The number of ether oxygens (including phenoxy) is 1. The van der Waals surface area contributed by atoms with E-state index in [4.69, 9.17) is 44.5 Å². The molecule has 164 valence electrons. The average molecular weight is 496 g/mol. The fourth-order valence-electron chi connectivity index (χ4n) is 3.60. The SMILES string of the molecule is Clc1ccc(OCc2nc3ccc(-c4ccncc4)cc3n2Cc2cc(Cl)ccc2Cl)nc1. The number of aromatic nitrogens is 4. The molecule has 5 rings (SSSR count). The Morgan fingerprint density at radius 1 is 0.818 bits per heavy atom. The molecule has 0 saturated carbocycles. The lowest BCUT2D eigenvalue weighted by atomic mass is 10.1. The minimum atomic E-state index is 0.228. The third-order valence-electron chi connectivity index (χ3n) is 5.23. The molecule has 0 atom stereocenters. The monoisotopic (exact) mass is 494 g/mol. The lowest BCUT2D eigenvalue weighted by molar-refractivity contribution is 0.280. The van der Waals surface area contributed by atoms with Gasteiger partial charge in [0.1, 0.15) is 12.4 Å². The molecule has 0 fully saturated rings. The fourth-order valence-corrected chi connectivity index (χ4v) is 4.09. The van der Waals surface area contributed by atoms with Crippen LogP contribution in [-0.2, 0) is 13.2 Å². The van der Waals surface area contributed by atoms with Crippen LogP contribution in [0.25, 0.3) is 22.2 Å². The Balaban J connectivity index is 1.57. The van der Waals surface area contributed by atoms with Crippen LogP contribution in [0.3, 0.4) is 0 Å². The zero-order valence-corrected chi connectivity index (χ0v) is 19.5. The molecule has 0 N–H and O–H groups in total. The Bertz CT molecular complexity index is 1420. The lowest BCUT2D eigenvalue weighted by Crippen LogP contribution is -2.09. The number of imidazole rings is 1. The van der Waals surface area contributed by atoms with Gasteiger partial charge >= 0.3 is 0 Å². The van der Waals surface area contributed by atoms with Crippen molar-refractivity contribution < 1.29 is 4.74 Å². The summed E-state index contributed by atoms with van der Waals surface area (Å²) in [6.45, 7) is 0.717. The summed E-state index contributed by atoms with van der Waals surface area (Å²) in [5.41, 5.74) is 4.85. The van der Waals surface area contributed by atoms with Gasteiger partial charge in [-0.05, 0) is 65.2 Å². The topological polar surface area (TPSA) is 52.8 Å². The Morgan fingerprint density at radius 2 is 1.64 bits per heavy atom. The van der Waals surface area contributed by atoms with Crippen LogP contribution in [0.2, 0.25) is 15.1 Å². The highest BCUT2D eigenvalue weighted by molar-refractivity contribution is 6.33. The molecule has 0 bridgehead atoms. The molecule has 5 aromatic rings. The first-order chi connectivity index (χ1) is 16.1. The largest absolute Gasteiger partial charge is 0.469 e. The van der Waals surface area contributed by atoms with E-state index in [1.807, 2.05) is 30.3 Å². The van der Waals surface area contributed by atoms with Gasteiger partial charge in [0.2, 0.25) is 5.88 Å². The molecule has 0 unspecified atom stereocenters. The second-order valence-electron chi connectivity index (χ2n) is 7.39. The summed E-state index contributed by atoms with van der Waals surface area (Å²) < 4.78 is 7.99. The van der Waals surface area contributed by atoms with Gasteiger partial charge in [0.15, 0.2) is 0 Å². The van der Waals surface area contributed by atoms with Crippen LogP contribution < -0.4 is 4.74 Å². The van der Waals surface area contributed by atoms with E-state index in [9.17, 15) is 0 Å². The predicted octanol–water partition coefficient (Wildman–Crippen LogP) is 7.08. The zero-order valence-electron chi connectivity index (χ0n) is 17.3. The quantitative estimate of drug-likeness (QED) is 0.252. The average Bonchev–Trinajstić information content (AvgIpc) is 3.18. The Hall–Kier alpha value is -3.12. The van der Waals surface area contributed by atoms with Crippen LogP contribution in [0.1, 0.15) is 11.4 Å². The predicted molar refractivity (Wildman–Crippen MR) is 132 cm³/mol. The molecule has 0 spiro atoms. The van der Waals surface area contributed by atoms with Crippen molar-refractivity contribution in [2.24, 2.45) is 0 Å². The maximum Gasteiger partial charge on any atom is 0.213 e. The summed E-state index contributed by atoms with van der Waals surface area (Å²) in [6, 6.07) is 19.0. The standard InChI is InChI=1S/C25H17Cl3N4O/c26-19-2-4-21(28)18(11-19)14-32-23-12-17(16-7-9-29-10-8-16)1-5-22(23)31-24(32)15-33-25-6-3-20(27)13-30-25/h1-13H,14-15H2. The maximum atomic E-state index is 6.48. The van der Waals surface area contributed by atoms with Crippen molar-refractivity contribution >= 4 is 45.8 Å². The molecular formula is C25H17Cl3N4O. The van der Waals surface area contributed by atoms with Gasteiger partial charge in [-0.3, -0.25) is 4.98 Å². The number of benzene rings is 2. The molecule has 0 radical (unpaired) electrons. The first kappa shape index (κ1) is 21.7. The van der Waals surface area contributed by atoms with Gasteiger partial charge in [-0.15, -0.1) is 0 Å². The van der Waals surface area contributed by atoms with Crippen LogP contribution in [0.4, 0.5) is 0 Å². The van der Waals surface area contributed by atoms with Gasteiger partial charge < -0.3 is 9.30 Å². The number of rotatable bonds is 6. The van der Waals surface area contributed by atoms with Crippen LogP contribution in [0.5, 0.6) is 5.88 Å². The van der Waals surface area contributed by atoms with E-state index < -0.39 is 0 Å². The molecule has 3 heterocycles. The molecule has 0 amide bonds. The van der Waals surface area contributed by atoms with Crippen molar-refractivity contribution in [2.75, 3.05) is 0 Å². The lowest BCUT2D eigenvalue weighted by Gasteiger charge is -2.12. The van der Waals surface area contributed by atoms with E-state index in [1.54, 1.807) is 42.9 Å². The van der Waals surface area contributed by atoms with E-state index in [-0.39, 0.29) is 6.61 Å². The van der Waals surface area contributed by atoms with Gasteiger partial charge in [0.05, 0.1) is 22.6 Å². The van der Waals surface area contributed by atoms with Crippen molar-refractivity contribution in [1.82, 2.24) is 19.5 Å². The smallest absolute Gasteiger partial charge is 0.213 e. The van der Waals surface area contributed by atoms with Gasteiger partial charge in [-0.1, -0.05) is 40.9 Å².